The van der Waals surface area contributed by atoms with E-state index in [1.165, 1.54) is 0 Å². The molecule has 2 aromatic carbocycles. The number of hydrogen-bond donors (Lipinski definition) is 1. The minimum Gasteiger partial charge on any atom is -0.445 e. The summed E-state index contributed by atoms with van der Waals surface area (Å²) in [5, 5.41) is 11.2. The van der Waals surface area contributed by atoms with Crippen molar-refractivity contribution < 1.29 is 32.2 Å². The smallest absolute Gasteiger partial charge is 0.416 e. The minimum atomic E-state index is -4.66. The van der Waals surface area contributed by atoms with Crippen LogP contribution in [-0.4, -0.2) is 28.2 Å². The van der Waals surface area contributed by atoms with Crippen molar-refractivity contribution in [2.75, 3.05) is 0 Å². The van der Waals surface area contributed by atoms with Crippen LogP contribution in [0.4, 0.5) is 22.4 Å². The largest absolute Gasteiger partial charge is 0.445 e. The Morgan fingerprint density at radius 2 is 1.74 bits per heavy atom. The first-order valence-corrected chi connectivity index (χ1v) is 10.3. The van der Waals surface area contributed by atoms with Crippen molar-refractivity contribution in [1.82, 2.24) is 4.90 Å². The van der Waals surface area contributed by atoms with Crippen molar-refractivity contribution in [3.05, 3.63) is 71.0 Å². The maximum atomic E-state index is 14.6. The average molecular weight is 437 g/mol. The maximum absolute atomic E-state index is 14.6. The van der Waals surface area contributed by atoms with Gasteiger partial charge in [-0.25, -0.2) is 9.18 Å². The number of halogens is 4. The lowest BCUT2D eigenvalue weighted by molar-refractivity contribution is -0.138. The molecule has 2 atom stereocenters. The van der Waals surface area contributed by atoms with Gasteiger partial charge in [-0.3, -0.25) is 0 Å². The van der Waals surface area contributed by atoms with Gasteiger partial charge in [0.1, 0.15) is 12.4 Å². The fraction of sp³-hybridized carbons (Fsp3) is 0.435. The van der Waals surface area contributed by atoms with E-state index in [-0.39, 0.29) is 37.1 Å². The Hall–Kier alpha value is -2.61. The van der Waals surface area contributed by atoms with Crippen LogP contribution in [-0.2, 0) is 23.1 Å². The number of alkyl halides is 3. The van der Waals surface area contributed by atoms with Crippen molar-refractivity contribution in [1.29, 1.82) is 0 Å². The van der Waals surface area contributed by atoms with Crippen molar-refractivity contribution >= 4 is 6.09 Å². The molecule has 166 valence electrons. The number of ether oxygens (including phenoxy) is 1. The van der Waals surface area contributed by atoms with Crippen LogP contribution in [0.1, 0.15) is 48.8 Å². The van der Waals surface area contributed by atoms with Crippen LogP contribution >= 0.6 is 0 Å². The molecule has 0 aliphatic carbocycles. The van der Waals surface area contributed by atoms with Gasteiger partial charge in [0, 0.05) is 30.5 Å². The van der Waals surface area contributed by atoms with E-state index in [1.54, 1.807) is 4.90 Å². The fourth-order valence-electron chi connectivity index (χ4n) is 4.81. The van der Waals surface area contributed by atoms with E-state index in [1.807, 2.05) is 30.3 Å². The zero-order chi connectivity index (χ0) is 22.2. The Morgan fingerprint density at radius 1 is 1.10 bits per heavy atom. The Kier molecular flexibility index (Phi) is 5.68. The molecular weight excluding hydrogens is 414 g/mol. The van der Waals surface area contributed by atoms with Gasteiger partial charge < -0.3 is 14.7 Å². The highest BCUT2D eigenvalue weighted by atomic mass is 19.4. The van der Waals surface area contributed by atoms with Crippen LogP contribution in [0.3, 0.4) is 0 Å². The van der Waals surface area contributed by atoms with Crippen LogP contribution < -0.4 is 0 Å². The van der Waals surface area contributed by atoms with Crippen molar-refractivity contribution in [3.63, 3.8) is 0 Å². The lowest BCUT2D eigenvalue weighted by atomic mass is 9.72. The third-order valence-electron chi connectivity index (χ3n) is 6.22. The second-order valence-corrected chi connectivity index (χ2v) is 8.32. The number of rotatable bonds is 3. The first kappa shape index (κ1) is 21.6. The van der Waals surface area contributed by atoms with Crippen LogP contribution in [0.15, 0.2) is 48.5 Å². The maximum Gasteiger partial charge on any atom is 0.416 e. The Bertz CT molecular complexity index is 934. The second kappa shape index (κ2) is 8.15. The van der Waals surface area contributed by atoms with Gasteiger partial charge in [0.25, 0.3) is 0 Å². The number of aliphatic hydroxyl groups is 1. The molecular formula is C23H23F4NO3. The Morgan fingerprint density at radius 3 is 2.32 bits per heavy atom. The topological polar surface area (TPSA) is 49.8 Å². The summed E-state index contributed by atoms with van der Waals surface area (Å²) in [6.07, 6.45) is -2.98. The third-order valence-corrected chi connectivity index (χ3v) is 6.22. The molecule has 1 amide bonds. The number of amides is 1. The summed E-state index contributed by atoms with van der Waals surface area (Å²) in [5.74, 6) is -1.09. The van der Waals surface area contributed by atoms with Gasteiger partial charge in [-0.15, -0.1) is 0 Å². The van der Waals surface area contributed by atoms with Gasteiger partial charge in [0.05, 0.1) is 11.2 Å². The van der Waals surface area contributed by atoms with Gasteiger partial charge in [0.2, 0.25) is 0 Å². The van der Waals surface area contributed by atoms with Gasteiger partial charge in [-0.1, -0.05) is 36.4 Å². The zero-order valence-electron chi connectivity index (χ0n) is 16.7. The monoisotopic (exact) mass is 437 g/mol. The molecule has 0 saturated carbocycles. The standard InChI is InChI=1S/C23H23F4NO3/c24-20-11-16(23(25,26)27)9-10-19(20)22(30)12-17-7-4-8-18(13-22)28(17)21(29)31-14-15-5-2-1-3-6-15/h1-3,5-6,9-11,17-18,30H,4,7-8,12-14H2. The van der Waals surface area contributed by atoms with Crippen LogP contribution in [0.25, 0.3) is 0 Å². The van der Waals surface area contributed by atoms with Gasteiger partial charge >= 0.3 is 12.3 Å². The van der Waals surface area contributed by atoms with E-state index < -0.39 is 29.3 Å². The molecule has 1 N–H and O–H groups in total. The van der Waals surface area contributed by atoms with Crippen LogP contribution in [0.2, 0.25) is 0 Å². The van der Waals surface area contributed by atoms with E-state index in [2.05, 4.69) is 0 Å². The average Bonchev–Trinajstić information content (AvgIpc) is 2.71. The lowest BCUT2D eigenvalue weighted by Crippen LogP contribution is -2.59. The zero-order valence-corrected chi connectivity index (χ0v) is 16.7. The molecule has 0 spiro atoms. The van der Waals surface area contributed by atoms with Crippen molar-refractivity contribution in [2.45, 2.75) is 62.6 Å². The van der Waals surface area contributed by atoms with Crippen molar-refractivity contribution in [2.24, 2.45) is 0 Å². The number of carbonyl (C=O) groups excluding carboxylic acids is 1. The lowest BCUT2D eigenvalue weighted by Gasteiger charge is -2.51. The molecule has 4 rings (SSSR count). The van der Waals surface area contributed by atoms with E-state index in [0.29, 0.717) is 18.9 Å². The summed E-state index contributed by atoms with van der Waals surface area (Å²) in [4.78, 5) is 14.4. The molecule has 2 fully saturated rings. The summed E-state index contributed by atoms with van der Waals surface area (Å²) in [6, 6.07) is 10.7. The first-order chi connectivity index (χ1) is 14.7. The van der Waals surface area contributed by atoms with E-state index in [9.17, 15) is 27.5 Å². The first-order valence-electron chi connectivity index (χ1n) is 10.3. The SMILES string of the molecule is O=C(OCc1ccccc1)N1C2CCCC1CC(O)(c1ccc(C(F)(F)F)cc1F)C2. The van der Waals surface area contributed by atoms with Gasteiger partial charge in [-0.2, -0.15) is 13.2 Å². The number of nitrogens with zero attached hydrogens (tertiary/aromatic N) is 1. The summed E-state index contributed by atoms with van der Waals surface area (Å²) >= 11 is 0. The fourth-order valence-corrected chi connectivity index (χ4v) is 4.81. The molecule has 31 heavy (non-hydrogen) atoms. The van der Waals surface area contributed by atoms with Gasteiger partial charge in [0.15, 0.2) is 0 Å². The summed E-state index contributed by atoms with van der Waals surface area (Å²) < 4.78 is 58.7. The highest BCUT2D eigenvalue weighted by Crippen LogP contribution is 2.46. The molecule has 8 heteroatoms. The molecule has 2 aliphatic heterocycles. The highest BCUT2D eigenvalue weighted by Gasteiger charge is 2.49. The van der Waals surface area contributed by atoms with E-state index >= 15 is 0 Å². The molecule has 2 aromatic rings. The molecule has 4 nitrogen and oxygen atoms in total. The summed E-state index contributed by atoms with van der Waals surface area (Å²) in [6.45, 7) is 0.118. The quantitative estimate of drug-likeness (QED) is 0.656. The number of carbonyl (C=O) groups is 1. The molecule has 2 saturated heterocycles. The Balaban J connectivity index is 1.52. The van der Waals surface area contributed by atoms with E-state index in [0.717, 1.165) is 24.1 Å². The molecule has 0 radical (unpaired) electrons. The number of piperidine rings is 2. The predicted molar refractivity (Wildman–Crippen MR) is 104 cm³/mol. The molecule has 2 aliphatic rings. The molecule has 2 heterocycles. The molecule has 2 unspecified atom stereocenters. The number of benzene rings is 2. The Labute approximate surface area is 177 Å². The van der Waals surface area contributed by atoms with Crippen LogP contribution in [0, 0.1) is 5.82 Å². The number of fused-ring (bicyclic) bond motifs is 2. The minimum absolute atomic E-state index is 0.0478. The second-order valence-electron chi connectivity index (χ2n) is 8.32. The normalized spacial score (nSPS) is 25.9. The highest BCUT2D eigenvalue weighted by molar-refractivity contribution is 5.69. The summed E-state index contributed by atoms with van der Waals surface area (Å²) in [7, 11) is 0. The van der Waals surface area contributed by atoms with E-state index in [4.69, 9.17) is 4.74 Å². The summed E-state index contributed by atoms with van der Waals surface area (Å²) in [5.41, 5.74) is -2.05. The van der Waals surface area contributed by atoms with Crippen LogP contribution in [0.5, 0.6) is 0 Å². The molecule has 2 bridgehead atoms. The predicted octanol–water partition coefficient (Wildman–Crippen LogP) is 5.39. The van der Waals surface area contributed by atoms with Gasteiger partial charge in [-0.05, 0) is 37.0 Å². The third kappa shape index (κ3) is 4.39. The molecule has 0 aromatic heterocycles. The van der Waals surface area contributed by atoms with Crippen molar-refractivity contribution in [3.8, 4) is 0 Å². The number of hydrogen-bond acceptors (Lipinski definition) is 3.